The molecule has 0 saturated heterocycles. The molecule has 1 amide bonds. The number of methoxy groups -OCH3 is 1. The molecule has 0 bridgehead atoms. The number of amides is 1. The highest BCUT2D eigenvalue weighted by Gasteiger charge is 2.25. The van der Waals surface area contributed by atoms with Crippen molar-refractivity contribution >= 4 is 17.2 Å². The third-order valence-corrected chi connectivity index (χ3v) is 5.39. The monoisotopic (exact) mass is 363 g/mol. The predicted molar refractivity (Wildman–Crippen MR) is 93.5 cm³/mol. The first-order valence-electron chi connectivity index (χ1n) is 7.95. The number of hydroxylamine groups is 1. The van der Waals surface area contributed by atoms with Crippen LogP contribution in [0.15, 0.2) is 30.3 Å². The molecule has 1 unspecified atom stereocenters. The van der Waals surface area contributed by atoms with Crippen LogP contribution in [0.25, 0.3) is 0 Å². The molecule has 4 N–H and O–H groups in total. The molecule has 134 valence electrons. The number of hydrogen-bond acceptors (Lipinski definition) is 7. The third kappa shape index (κ3) is 4.17. The van der Waals surface area contributed by atoms with Crippen LogP contribution < -0.4 is 15.5 Å². The summed E-state index contributed by atoms with van der Waals surface area (Å²) in [5.74, 6) is 0.303. The van der Waals surface area contributed by atoms with E-state index in [9.17, 15) is 9.90 Å². The fourth-order valence-electron chi connectivity index (χ4n) is 2.80. The number of benzene rings is 1. The standard InChI is InChI=1S/C17H21N3O4S/c1-24-13-4-2-11(3-5-13)9-18-17(22)20-7-6-12-8-14(16(21)19-23)25-15(12)10-20/h2-5,8,17-18,22-23H,6-7,9-10H2,1H3,(H,19,21). The van der Waals surface area contributed by atoms with Gasteiger partial charge in [-0.25, -0.2) is 5.48 Å². The van der Waals surface area contributed by atoms with Crippen LogP contribution in [0.3, 0.4) is 0 Å². The molecular weight excluding hydrogens is 342 g/mol. The molecule has 1 aliphatic rings. The Morgan fingerprint density at radius 2 is 2.16 bits per heavy atom. The highest BCUT2D eigenvalue weighted by atomic mass is 32.1. The van der Waals surface area contributed by atoms with Gasteiger partial charge in [-0.2, -0.15) is 0 Å². The van der Waals surface area contributed by atoms with E-state index in [4.69, 9.17) is 9.94 Å². The maximum Gasteiger partial charge on any atom is 0.284 e. The minimum atomic E-state index is -0.771. The van der Waals surface area contributed by atoms with Crippen molar-refractivity contribution in [1.29, 1.82) is 0 Å². The number of carbonyl (C=O) groups excluding carboxylic acids is 1. The van der Waals surface area contributed by atoms with Crippen molar-refractivity contribution in [2.24, 2.45) is 0 Å². The summed E-state index contributed by atoms with van der Waals surface area (Å²) in [6, 6.07) is 9.48. The first-order valence-corrected chi connectivity index (χ1v) is 8.77. The van der Waals surface area contributed by atoms with Crippen molar-refractivity contribution < 1.29 is 19.8 Å². The summed E-state index contributed by atoms with van der Waals surface area (Å²) in [6.07, 6.45) is -0.0151. The second-order valence-electron chi connectivity index (χ2n) is 5.82. The van der Waals surface area contributed by atoms with E-state index in [1.54, 1.807) is 18.7 Å². The fraction of sp³-hybridized carbons (Fsp3) is 0.353. The number of thiophene rings is 1. The number of fused-ring (bicyclic) bond motifs is 1. The summed E-state index contributed by atoms with van der Waals surface area (Å²) in [6.45, 7) is 1.80. The summed E-state index contributed by atoms with van der Waals surface area (Å²) in [5, 5.41) is 22.2. The van der Waals surface area contributed by atoms with Crippen molar-refractivity contribution in [2.45, 2.75) is 25.9 Å². The summed E-state index contributed by atoms with van der Waals surface area (Å²) >= 11 is 1.34. The van der Waals surface area contributed by atoms with Gasteiger partial charge in [-0.3, -0.25) is 20.2 Å². The average molecular weight is 363 g/mol. The van der Waals surface area contributed by atoms with Crippen LogP contribution in [0, 0.1) is 0 Å². The van der Waals surface area contributed by atoms with E-state index in [0.29, 0.717) is 24.5 Å². The van der Waals surface area contributed by atoms with Crippen LogP contribution in [-0.4, -0.2) is 41.1 Å². The Bertz CT molecular complexity index is 732. The average Bonchev–Trinajstić information content (AvgIpc) is 3.09. The predicted octanol–water partition coefficient (Wildman–Crippen LogP) is 1.30. The third-order valence-electron chi connectivity index (χ3n) is 4.23. The lowest BCUT2D eigenvalue weighted by molar-refractivity contribution is -0.0313. The molecule has 25 heavy (non-hydrogen) atoms. The Balaban J connectivity index is 1.57. The molecule has 1 aromatic heterocycles. The largest absolute Gasteiger partial charge is 0.497 e. The van der Waals surface area contributed by atoms with Gasteiger partial charge in [0.05, 0.1) is 12.0 Å². The van der Waals surface area contributed by atoms with E-state index in [1.807, 2.05) is 29.2 Å². The van der Waals surface area contributed by atoms with E-state index in [0.717, 1.165) is 28.2 Å². The number of ether oxygens (including phenoxy) is 1. The molecule has 0 aliphatic carbocycles. The summed E-state index contributed by atoms with van der Waals surface area (Å²) in [4.78, 5) is 15.0. The van der Waals surface area contributed by atoms with E-state index < -0.39 is 12.3 Å². The summed E-state index contributed by atoms with van der Waals surface area (Å²) < 4.78 is 5.13. The Morgan fingerprint density at radius 1 is 1.40 bits per heavy atom. The minimum Gasteiger partial charge on any atom is -0.497 e. The Hall–Kier alpha value is -1.97. The molecule has 0 spiro atoms. The lowest BCUT2D eigenvalue weighted by Crippen LogP contribution is -2.47. The van der Waals surface area contributed by atoms with Gasteiger partial charge in [0.1, 0.15) is 5.75 Å². The lowest BCUT2D eigenvalue weighted by Gasteiger charge is -2.31. The number of hydrogen-bond donors (Lipinski definition) is 4. The van der Waals surface area contributed by atoms with Gasteiger partial charge in [-0.15, -0.1) is 11.3 Å². The van der Waals surface area contributed by atoms with Crippen LogP contribution in [0.1, 0.15) is 25.7 Å². The fourth-order valence-corrected chi connectivity index (χ4v) is 3.92. The number of aliphatic hydroxyl groups is 1. The number of rotatable bonds is 6. The molecule has 1 aliphatic heterocycles. The van der Waals surface area contributed by atoms with E-state index in [2.05, 4.69) is 5.32 Å². The van der Waals surface area contributed by atoms with Gasteiger partial charge >= 0.3 is 0 Å². The Morgan fingerprint density at radius 3 is 2.84 bits per heavy atom. The van der Waals surface area contributed by atoms with Gasteiger partial charge in [0.25, 0.3) is 5.91 Å². The van der Waals surface area contributed by atoms with E-state index >= 15 is 0 Å². The minimum absolute atomic E-state index is 0.482. The molecule has 7 nitrogen and oxygen atoms in total. The first-order chi connectivity index (χ1) is 12.1. The van der Waals surface area contributed by atoms with Crippen molar-refractivity contribution in [2.75, 3.05) is 13.7 Å². The maximum atomic E-state index is 11.5. The van der Waals surface area contributed by atoms with Crippen molar-refractivity contribution in [3.63, 3.8) is 0 Å². The normalized spacial score (nSPS) is 15.5. The van der Waals surface area contributed by atoms with Crippen molar-refractivity contribution in [1.82, 2.24) is 15.7 Å². The van der Waals surface area contributed by atoms with Gasteiger partial charge in [0, 0.05) is 24.5 Å². The molecule has 0 radical (unpaired) electrons. The maximum absolute atomic E-state index is 11.5. The Kier molecular flexibility index (Phi) is 5.67. The lowest BCUT2D eigenvalue weighted by atomic mass is 10.1. The van der Waals surface area contributed by atoms with Gasteiger partial charge in [-0.05, 0) is 35.7 Å². The van der Waals surface area contributed by atoms with Crippen LogP contribution >= 0.6 is 11.3 Å². The second kappa shape index (κ2) is 7.94. The zero-order valence-corrected chi connectivity index (χ0v) is 14.7. The molecule has 3 rings (SSSR count). The van der Waals surface area contributed by atoms with E-state index in [-0.39, 0.29) is 0 Å². The van der Waals surface area contributed by atoms with E-state index in [1.165, 1.54) is 11.3 Å². The van der Waals surface area contributed by atoms with Crippen molar-refractivity contribution in [3.05, 3.63) is 51.2 Å². The molecule has 2 heterocycles. The molecular formula is C17H21N3O4S. The second-order valence-corrected chi connectivity index (χ2v) is 6.96. The number of nitrogens with one attached hydrogen (secondary N) is 2. The highest BCUT2D eigenvalue weighted by Crippen LogP contribution is 2.28. The van der Waals surface area contributed by atoms with Crippen LogP contribution in [-0.2, 0) is 19.5 Å². The topological polar surface area (TPSA) is 94.1 Å². The molecule has 1 atom stereocenters. The summed E-state index contributed by atoms with van der Waals surface area (Å²) in [5.41, 5.74) is 3.81. The molecule has 1 aromatic carbocycles. The SMILES string of the molecule is COc1ccc(CNC(O)N2CCc3cc(C(=O)NO)sc3C2)cc1. The van der Waals surface area contributed by atoms with Gasteiger partial charge in [0.2, 0.25) is 0 Å². The van der Waals surface area contributed by atoms with Gasteiger partial charge in [0.15, 0.2) is 6.35 Å². The smallest absolute Gasteiger partial charge is 0.284 e. The number of aliphatic hydroxyl groups excluding tert-OH is 1. The number of nitrogens with zero attached hydrogens (tertiary/aromatic N) is 1. The van der Waals surface area contributed by atoms with Crippen molar-refractivity contribution in [3.8, 4) is 5.75 Å². The molecule has 0 fully saturated rings. The zero-order valence-electron chi connectivity index (χ0n) is 13.9. The number of carbonyl (C=O) groups is 1. The van der Waals surface area contributed by atoms with Crippen LogP contribution in [0.5, 0.6) is 5.75 Å². The molecule has 2 aromatic rings. The molecule has 8 heteroatoms. The summed E-state index contributed by atoms with van der Waals surface area (Å²) in [7, 11) is 1.63. The Labute approximate surface area is 149 Å². The van der Waals surface area contributed by atoms with Gasteiger partial charge in [-0.1, -0.05) is 12.1 Å². The van der Waals surface area contributed by atoms with Crippen LogP contribution in [0.4, 0.5) is 0 Å². The van der Waals surface area contributed by atoms with Gasteiger partial charge < -0.3 is 9.84 Å². The first kappa shape index (κ1) is 17.8. The highest BCUT2D eigenvalue weighted by molar-refractivity contribution is 7.14. The quantitative estimate of drug-likeness (QED) is 0.351. The van der Waals surface area contributed by atoms with Crippen LogP contribution in [0.2, 0.25) is 0 Å². The molecule has 0 saturated carbocycles. The zero-order chi connectivity index (χ0) is 17.8.